The smallest absolute Gasteiger partial charge is 0.242 e. The molecule has 1 saturated heterocycles. The minimum absolute atomic E-state index is 0.193. The number of hydrogen-bond donors (Lipinski definition) is 2. The maximum atomic E-state index is 12.1. The number of nitrogens with one attached hydrogen (secondary N) is 2. The van der Waals surface area contributed by atoms with E-state index in [0.29, 0.717) is 31.5 Å². The maximum absolute atomic E-state index is 12.1. The second-order valence-corrected chi connectivity index (χ2v) is 6.30. The third-order valence-electron chi connectivity index (χ3n) is 3.21. The summed E-state index contributed by atoms with van der Waals surface area (Å²) in [7, 11) is -1.73. The largest absolute Gasteiger partial charge is 0.381 e. The molecule has 0 aromatic carbocycles. The molecule has 0 unspecified atom stereocenters. The summed E-state index contributed by atoms with van der Waals surface area (Å²) in [6.07, 6.45) is 3.16. The summed E-state index contributed by atoms with van der Waals surface area (Å²) < 4.78 is 32.0. The van der Waals surface area contributed by atoms with Crippen molar-refractivity contribution in [3.63, 3.8) is 0 Å². The van der Waals surface area contributed by atoms with Crippen molar-refractivity contribution in [2.45, 2.75) is 17.7 Å². The molecule has 1 aromatic heterocycles. The Morgan fingerprint density at radius 1 is 1.37 bits per heavy atom. The minimum atomic E-state index is -3.47. The minimum Gasteiger partial charge on any atom is -0.381 e. The third-order valence-corrected chi connectivity index (χ3v) is 4.61. The van der Waals surface area contributed by atoms with Gasteiger partial charge in [-0.1, -0.05) is 0 Å². The van der Waals surface area contributed by atoms with Gasteiger partial charge < -0.3 is 10.1 Å². The normalized spacial score (nSPS) is 17.3. The number of anilines is 1. The predicted octanol–water partition coefficient (Wildman–Crippen LogP) is 0.828. The van der Waals surface area contributed by atoms with Gasteiger partial charge in [0, 0.05) is 33.0 Å². The molecule has 7 heteroatoms. The fourth-order valence-electron chi connectivity index (χ4n) is 1.95. The van der Waals surface area contributed by atoms with Gasteiger partial charge in [-0.3, -0.25) is 0 Å². The number of pyridine rings is 1. The van der Waals surface area contributed by atoms with Crippen molar-refractivity contribution in [1.29, 1.82) is 0 Å². The van der Waals surface area contributed by atoms with Crippen LogP contribution in [0, 0.1) is 5.92 Å². The van der Waals surface area contributed by atoms with Crippen molar-refractivity contribution < 1.29 is 13.2 Å². The summed E-state index contributed by atoms with van der Waals surface area (Å²) in [4.78, 5) is 4.20. The van der Waals surface area contributed by atoms with Crippen LogP contribution >= 0.6 is 0 Å². The number of hydrogen-bond acceptors (Lipinski definition) is 5. The lowest BCUT2D eigenvalue weighted by molar-refractivity contribution is 0.0678. The SMILES string of the molecule is CNc1ccc(S(=O)(=O)NCC2CCOCC2)cn1. The fraction of sp³-hybridized carbons (Fsp3) is 0.583. The highest BCUT2D eigenvalue weighted by Gasteiger charge is 2.19. The van der Waals surface area contributed by atoms with Crippen LogP contribution in [0.15, 0.2) is 23.2 Å². The van der Waals surface area contributed by atoms with E-state index in [-0.39, 0.29) is 4.90 Å². The van der Waals surface area contributed by atoms with Crippen LogP contribution in [0.25, 0.3) is 0 Å². The Hall–Kier alpha value is -1.18. The molecule has 0 saturated carbocycles. The third kappa shape index (κ3) is 3.89. The quantitative estimate of drug-likeness (QED) is 0.837. The van der Waals surface area contributed by atoms with Gasteiger partial charge in [-0.25, -0.2) is 18.1 Å². The van der Waals surface area contributed by atoms with Crippen LogP contribution in [0.5, 0.6) is 0 Å². The van der Waals surface area contributed by atoms with Crippen molar-refractivity contribution in [3.05, 3.63) is 18.3 Å². The Morgan fingerprint density at radius 2 is 2.11 bits per heavy atom. The van der Waals surface area contributed by atoms with E-state index >= 15 is 0 Å². The van der Waals surface area contributed by atoms with Crippen LogP contribution in [0.2, 0.25) is 0 Å². The highest BCUT2D eigenvalue weighted by atomic mass is 32.2. The van der Waals surface area contributed by atoms with Crippen molar-refractivity contribution in [2.75, 3.05) is 32.1 Å². The van der Waals surface area contributed by atoms with Crippen LogP contribution in [0.3, 0.4) is 0 Å². The first kappa shape index (κ1) is 14.2. The first-order valence-electron chi connectivity index (χ1n) is 6.33. The van der Waals surface area contributed by atoms with Gasteiger partial charge in [-0.2, -0.15) is 0 Å². The van der Waals surface area contributed by atoms with Gasteiger partial charge in [0.1, 0.15) is 10.7 Å². The highest BCUT2D eigenvalue weighted by molar-refractivity contribution is 7.89. The summed E-state index contributed by atoms with van der Waals surface area (Å²) >= 11 is 0. The van der Waals surface area contributed by atoms with Gasteiger partial charge in [0.2, 0.25) is 10.0 Å². The molecule has 1 aliphatic heterocycles. The van der Waals surface area contributed by atoms with Gasteiger partial charge in [0.05, 0.1) is 0 Å². The first-order chi connectivity index (χ1) is 9.12. The Balaban J connectivity index is 1.96. The molecule has 0 radical (unpaired) electrons. The molecule has 106 valence electrons. The molecule has 1 aromatic rings. The van der Waals surface area contributed by atoms with E-state index in [9.17, 15) is 8.42 Å². The highest BCUT2D eigenvalue weighted by Crippen LogP contribution is 2.15. The van der Waals surface area contributed by atoms with Crippen LogP contribution in [0.4, 0.5) is 5.82 Å². The van der Waals surface area contributed by atoms with E-state index in [4.69, 9.17) is 4.74 Å². The average Bonchev–Trinajstić information content (AvgIpc) is 2.46. The lowest BCUT2D eigenvalue weighted by Crippen LogP contribution is -2.32. The standard InChI is InChI=1S/C12H19N3O3S/c1-13-12-3-2-11(9-14-12)19(16,17)15-8-10-4-6-18-7-5-10/h2-3,9-10,15H,4-8H2,1H3,(H,13,14). The van der Waals surface area contributed by atoms with Crippen molar-refractivity contribution in [1.82, 2.24) is 9.71 Å². The van der Waals surface area contributed by atoms with E-state index in [0.717, 1.165) is 12.8 Å². The second kappa shape index (κ2) is 6.31. The first-order valence-corrected chi connectivity index (χ1v) is 7.81. The molecule has 6 nitrogen and oxygen atoms in total. The number of aromatic nitrogens is 1. The van der Waals surface area contributed by atoms with E-state index < -0.39 is 10.0 Å². The monoisotopic (exact) mass is 285 g/mol. The molecule has 2 N–H and O–H groups in total. The predicted molar refractivity (Wildman–Crippen MR) is 72.5 cm³/mol. The van der Waals surface area contributed by atoms with Gasteiger partial charge >= 0.3 is 0 Å². The van der Waals surface area contributed by atoms with E-state index in [1.807, 2.05) is 0 Å². The number of rotatable bonds is 5. The Labute approximate surface area is 113 Å². The molecule has 0 amide bonds. The van der Waals surface area contributed by atoms with Gasteiger partial charge in [-0.15, -0.1) is 0 Å². The molecule has 0 bridgehead atoms. The van der Waals surface area contributed by atoms with E-state index in [1.165, 1.54) is 6.20 Å². The van der Waals surface area contributed by atoms with E-state index in [1.54, 1.807) is 19.2 Å². The Bertz CT molecular complexity index is 495. The van der Waals surface area contributed by atoms with Crippen LogP contribution in [-0.4, -0.2) is 40.2 Å². The van der Waals surface area contributed by atoms with Crippen molar-refractivity contribution >= 4 is 15.8 Å². The Kier molecular flexibility index (Phi) is 4.73. The molecule has 2 heterocycles. The summed E-state index contributed by atoms with van der Waals surface area (Å²) in [6.45, 7) is 1.88. The van der Waals surface area contributed by atoms with Crippen molar-refractivity contribution in [3.8, 4) is 0 Å². The second-order valence-electron chi connectivity index (χ2n) is 4.54. The molecule has 0 spiro atoms. The Morgan fingerprint density at radius 3 is 2.68 bits per heavy atom. The van der Waals surface area contributed by atoms with Gasteiger partial charge in [0.15, 0.2) is 0 Å². The van der Waals surface area contributed by atoms with E-state index in [2.05, 4.69) is 15.0 Å². The van der Waals surface area contributed by atoms with Crippen LogP contribution in [-0.2, 0) is 14.8 Å². The van der Waals surface area contributed by atoms with Crippen LogP contribution < -0.4 is 10.0 Å². The van der Waals surface area contributed by atoms with Crippen molar-refractivity contribution in [2.24, 2.45) is 5.92 Å². The zero-order valence-corrected chi connectivity index (χ0v) is 11.7. The topological polar surface area (TPSA) is 80.3 Å². The molecular weight excluding hydrogens is 266 g/mol. The molecule has 0 atom stereocenters. The number of nitrogens with zero attached hydrogens (tertiary/aromatic N) is 1. The van der Waals surface area contributed by atoms with Crippen LogP contribution in [0.1, 0.15) is 12.8 Å². The van der Waals surface area contributed by atoms with Gasteiger partial charge in [0.25, 0.3) is 0 Å². The zero-order chi connectivity index (χ0) is 13.7. The average molecular weight is 285 g/mol. The lowest BCUT2D eigenvalue weighted by atomic mass is 10.0. The molecular formula is C12H19N3O3S. The summed E-state index contributed by atoms with van der Waals surface area (Å²) in [5, 5.41) is 2.85. The maximum Gasteiger partial charge on any atom is 0.242 e. The summed E-state index contributed by atoms with van der Waals surface area (Å²) in [6, 6.07) is 3.19. The lowest BCUT2D eigenvalue weighted by Gasteiger charge is -2.22. The number of ether oxygens (including phenoxy) is 1. The molecule has 1 aliphatic rings. The molecule has 19 heavy (non-hydrogen) atoms. The summed E-state index contributed by atoms with van der Waals surface area (Å²) in [5.41, 5.74) is 0. The fourth-order valence-corrected chi connectivity index (χ4v) is 3.01. The molecule has 2 rings (SSSR count). The molecule has 0 aliphatic carbocycles. The summed E-state index contributed by atoms with van der Waals surface area (Å²) in [5.74, 6) is 0.997. The van der Waals surface area contributed by atoms with Gasteiger partial charge in [-0.05, 0) is 30.9 Å². The zero-order valence-electron chi connectivity index (χ0n) is 10.9. The molecule has 1 fully saturated rings. The number of sulfonamides is 1.